The summed E-state index contributed by atoms with van der Waals surface area (Å²) in [5.74, 6) is 0.688. The van der Waals surface area contributed by atoms with Crippen molar-refractivity contribution in [2.45, 2.75) is 32.3 Å². The average molecular weight is 228 g/mol. The Bertz CT molecular complexity index is 541. The van der Waals surface area contributed by atoms with Gasteiger partial charge in [-0.1, -0.05) is 12.1 Å². The minimum atomic E-state index is 0.0908. The standard InChI is InChI=1S/C14H16N2O/c1-10-8-11(9-17)2-5-14(10)16-7-6-13(15-16)12-3-4-12/h2,5-8,12,17H,3-4,9H2,1H3. The van der Waals surface area contributed by atoms with Gasteiger partial charge < -0.3 is 5.11 Å². The maximum absolute atomic E-state index is 9.09. The first-order chi connectivity index (χ1) is 8.28. The predicted molar refractivity (Wildman–Crippen MR) is 66.2 cm³/mol. The van der Waals surface area contributed by atoms with Crippen LogP contribution in [0.15, 0.2) is 30.5 Å². The van der Waals surface area contributed by atoms with Crippen LogP contribution >= 0.6 is 0 Å². The number of aromatic nitrogens is 2. The Labute approximate surface area is 101 Å². The highest BCUT2D eigenvalue weighted by molar-refractivity contribution is 5.42. The topological polar surface area (TPSA) is 38.0 Å². The van der Waals surface area contributed by atoms with Gasteiger partial charge >= 0.3 is 0 Å². The number of rotatable bonds is 3. The van der Waals surface area contributed by atoms with Gasteiger partial charge in [-0.3, -0.25) is 0 Å². The van der Waals surface area contributed by atoms with E-state index in [1.54, 1.807) is 0 Å². The lowest BCUT2D eigenvalue weighted by Gasteiger charge is -2.07. The Hall–Kier alpha value is -1.61. The third-order valence-electron chi connectivity index (χ3n) is 3.30. The first-order valence-corrected chi connectivity index (χ1v) is 6.04. The van der Waals surface area contributed by atoms with E-state index in [9.17, 15) is 0 Å². The molecule has 3 rings (SSSR count). The molecule has 1 saturated carbocycles. The Balaban J connectivity index is 1.96. The molecule has 3 nitrogen and oxygen atoms in total. The smallest absolute Gasteiger partial charge is 0.0681 e. The maximum atomic E-state index is 9.09. The maximum Gasteiger partial charge on any atom is 0.0681 e. The van der Waals surface area contributed by atoms with Crippen LogP contribution in [0.25, 0.3) is 5.69 Å². The molecule has 3 heteroatoms. The third kappa shape index (κ3) is 1.98. The largest absolute Gasteiger partial charge is 0.392 e. The Morgan fingerprint density at radius 3 is 2.82 bits per heavy atom. The van der Waals surface area contributed by atoms with Crippen LogP contribution in [-0.2, 0) is 6.61 Å². The van der Waals surface area contributed by atoms with Crippen molar-refractivity contribution in [3.05, 3.63) is 47.3 Å². The molecule has 1 aromatic carbocycles. The van der Waals surface area contributed by atoms with E-state index in [0.29, 0.717) is 5.92 Å². The molecular weight excluding hydrogens is 212 g/mol. The first-order valence-electron chi connectivity index (χ1n) is 6.04. The van der Waals surface area contributed by atoms with E-state index < -0.39 is 0 Å². The van der Waals surface area contributed by atoms with Crippen molar-refractivity contribution in [3.8, 4) is 5.69 Å². The van der Waals surface area contributed by atoms with E-state index in [2.05, 4.69) is 11.2 Å². The SMILES string of the molecule is Cc1cc(CO)ccc1-n1ccc(C2CC2)n1. The van der Waals surface area contributed by atoms with Crippen molar-refractivity contribution < 1.29 is 5.11 Å². The second-order valence-electron chi connectivity index (χ2n) is 4.74. The minimum absolute atomic E-state index is 0.0908. The van der Waals surface area contributed by atoms with Gasteiger partial charge in [-0.05, 0) is 43.0 Å². The minimum Gasteiger partial charge on any atom is -0.392 e. The van der Waals surface area contributed by atoms with E-state index in [-0.39, 0.29) is 6.61 Å². The number of aliphatic hydroxyl groups excluding tert-OH is 1. The number of nitrogens with zero attached hydrogens (tertiary/aromatic N) is 2. The Morgan fingerprint density at radius 1 is 1.35 bits per heavy atom. The van der Waals surface area contributed by atoms with E-state index in [0.717, 1.165) is 16.8 Å². The molecule has 17 heavy (non-hydrogen) atoms. The van der Waals surface area contributed by atoms with E-state index >= 15 is 0 Å². The van der Waals surface area contributed by atoms with E-state index in [1.807, 2.05) is 36.0 Å². The van der Waals surface area contributed by atoms with Crippen LogP contribution in [-0.4, -0.2) is 14.9 Å². The molecule has 0 radical (unpaired) electrons. The molecular formula is C14H16N2O. The number of benzene rings is 1. The number of aryl methyl sites for hydroxylation is 1. The summed E-state index contributed by atoms with van der Waals surface area (Å²) in [7, 11) is 0. The molecule has 0 saturated heterocycles. The molecule has 1 aromatic heterocycles. The zero-order valence-corrected chi connectivity index (χ0v) is 9.93. The molecule has 88 valence electrons. The zero-order valence-electron chi connectivity index (χ0n) is 9.93. The van der Waals surface area contributed by atoms with Crippen LogP contribution in [0.4, 0.5) is 0 Å². The van der Waals surface area contributed by atoms with Crippen molar-refractivity contribution in [2.24, 2.45) is 0 Å². The van der Waals surface area contributed by atoms with Gasteiger partial charge in [-0.15, -0.1) is 0 Å². The molecule has 1 fully saturated rings. The monoisotopic (exact) mass is 228 g/mol. The molecule has 0 bridgehead atoms. The highest BCUT2D eigenvalue weighted by Gasteiger charge is 2.25. The highest BCUT2D eigenvalue weighted by atomic mass is 16.3. The van der Waals surface area contributed by atoms with Gasteiger partial charge in [0, 0.05) is 12.1 Å². The van der Waals surface area contributed by atoms with Gasteiger partial charge in [0.05, 0.1) is 18.0 Å². The summed E-state index contributed by atoms with van der Waals surface area (Å²) < 4.78 is 1.93. The molecule has 0 atom stereocenters. The van der Waals surface area contributed by atoms with E-state index in [4.69, 9.17) is 5.11 Å². The fourth-order valence-corrected chi connectivity index (χ4v) is 2.14. The highest BCUT2D eigenvalue weighted by Crippen LogP contribution is 2.39. The van der Waals surface area contributed by atoms with Crippen molar-refractivity contribution >= 4 is 0 Å². The summed E-state index contributed by atoms with van der Waals surface area (Å²) in [6.45, 7) is 2.14. The fourth-order valence-electron chi connectivity index (χ4n) is 2.14. The summed E-state index contributed by atoms with van der Waals surface area (Å²) >= 11 is 0. The lowest BCUT2D eigenvalue weighted by molar-refractivity contribution is 0.282. The lowest BCUT2D eigenvalue weighted by Crippen LogP contribution is -1.99. The molecule has 1 N–H and O–H groups in total. The summed E-state index contributed by atoms with van der Waals surface area (Å²) in [6.07, 6.45) is 4.58. The summed E-state index contributed by atoms with van der Waals surface area (Å²) in [6, 6.07) is 8.08. The number of hydrogen-bond donors (Lipinski definition) is 1. The molecule has 1 aliphatic carbocycles. The van der Waals surface area contributed by atoms with Gasteiger partial charge in [0.15, 0.2) is 0 Å². The summed E-state index contributed by atoms with van der Waals surface area (Å²) in [5, 5.41) is 13.7. The Kier molecular flexibility index (Phi) is 2.48. The second kappa shape index (κ2) is 4.00. The van der Waals surface area contributed by atoms with Crippen molar-refractivity contribution in [1.82, 2.24) is 9.78 Å². The van der Waals surface area contributed by atoms with Crippen LogP contribution in [0.1, 0.15) is 35.6 Å². The van der Waals surface area contributed by atoms with Crippen LogP contribution in [0, 0.1) is 6.92 Å². The van der Waals surface area contributed by atoms with Crippen LogP contribution < -0.4 is 0 Å². The molecule has 0 amide bonds. The van der Waals surface area contributed by atoms with Gasteiger partial charge in [-0.25, -0.2) is 4.68 Å². The molecule has 2 aromatic rings. The van der Waals surface area contributed by atoms with Crippen molar-refractivity contribution in [2.75, 3.05) is 0 Å². The lowest BCUT2D eigenvalue weighted by atomic mass is 10.1. The molecule has 0 aliphatic heterocycles. The van der Waals surface area contributed by atoms with Gasteiger partial charge in [0.2, 0.25) is 0 Å². The van der Waals surface area contributed by atoms with E-state index in [1.165, 1.54) is 18.5 Å². The summed E-state index contributed by atoms with van der Waals surface area (Å²) in [4.78, 5) is 0. The normalized spacial score (nSPS) is 15.2. The first kappa shape index (κ1) is 10.5. The quantitative estimate of drug-likeness (QED) is 0.876. The molecule has 0 unspecified atom stereocenters. The van der Waals surface area contributed by atoms with Crippen LogP contribution in [0.3, 0.4) is 0 Å². The predicted octanol–water partition coefficient (Wildman–Crippen LogP) is 2.55. The molecule has 1 aliphatic rings. The number of aliphatic hydroxyl groups is 1. The molecule has 0 spiro atoms. The summed E-state index contributed by atoms with van der Waals surface area (Å²) in [5.41, 5.74) is 4.38. The zero-order chi connectivity index (χ0) is 11.8. The Morgan fingerprint density at radius 2 is 2.18 bits per heavy atom. The van der Waals surface area contributed by atoms with Gasteiger partial charge in [-0.2, -0.15) is 5.10 Å². The van der Waals surface area contributed by atoms with Crippen LogP contribution in [0.2, 0.25) is 0 Å². The third-order valence-corrected chi connectivity index (χ3v) is 3.30. The van der Waals surface area contributed by atoms with Crippen molar-refractivity contribution in [1.29, 1.82) is 0 Å². The van der Waals surface area contributed by atoms with Gasteiger partial charge in [0.1, 0.15) is 0 Å². The fraction of sp³-hybridized carbons (Fsp3) is 0.357. The average Bonchev–Trinajstić information content (AvgIpc) is 3.08. The number of hydrogen-bond acceptors (Lipinski definition) is 2. The second-order valence-corrected chi connectivity index (χ2v) is 4.74. The van der Waals surface area contributed by atoms with Crippen molar-refractivity contribution in [3.63, 3.8) is 0 Å². The van der Waals surface area contributed by atoms with Crippen LogP contribution in [0.5, 0.6) is 0 Å². The molecule has 1 heterocycles. The van der Waals surface area contributed by atoms with Gasteiger partial charge in [0.25, 0.3) is 0 Å².